The molecule has 8 nitrogen and oxygen atoms in total. The van der Waals surface area contributed by atoms with E-state index in [1.165, 1.54) is 0 Å². The summed E-state index contributed by atoms with van der Waals surface area (Å²) >= 11 is 0. The van der Waals surface area contributed by atoms with Gasteiger partial charge in [-0.3, -0.25) is 0 Å². The Morgan fingerprint density at radius 3 is 1.50 bits per heavy atom. The van der Waals surface area contributed by atoms with Crippen molar-refractivity contribution < 1.29 is 81.4 Å². The van der Waals surface area contributed by atoms with Gasteiger partial charge in [-0.25, -0.2) is 14.8 Å². The smallest absolute Gasteiger partial charge is 0.547 e. The molecule has 0 aliphatic heterocycles. The van der Waals surface area contributed by atoms with Gasteiger partial charge in [-0.2, -0.15) is 0 Å². The van der Waals surface area contributed by atoms with Gasteiger partial charge >= 0.3 is 57.4 Å². The molecule has 0 aromatic rings. The Bertz CT molecular complexity index is 323. The number of carbonyl (C=O) groups excluding carboxylic acids is 1. The molecule has 20 heavy (non-hydrogen) atoms. The number of aliphatic imine (C=N–C) groups is 2. The molecule has 0 amide bonds. The third-order valence-electron chi connectivity index (χ3n) is 1.43. The summed E-state index contributed by atoms with van der Waals surface area (Å²) in [4.78, 5) is 27.3. The molecule has 0 bridgehead atoms. The first-order valence-corrected chi connectivity index (χ1v) is 5.54. The van der Waals surface area contributed by atoms with E-state index in [-0.39, 0.29) is 51.4 Å². The standard InChI is InChI=1S/C7H14N2.C4H6O6.K/c1-6(2)8-5-9-7(3)4;5-1(3(7)8)2(6)4(9)10;/h6-7H,1-4H3;1-2,5-6H,(H,7,8)(H,9,10);/q;;+1/p-1. The van der Waals surface area contributed by atoms with Crippen LogP contribution in [0.25, 0.3) is 0 Å². The first kappa shape index (κ1) is 24.9. The zero-order valence-electron chi connectivity index (χ0n) is 12.3. The monoisotopic (exact) mass is 314 g/mol. The SMILES string of the molecule is CC(C)N=C=NC(C)C.O=C([O-])C(O)C(O)C(=O)O.[K+]. The van der Waals surface area contributed by atoms with E-state index in [0.29, 0.717) is 12.1 Å². The Hall–Kier alpha value is -0.124. The van der Waals surface area contributed by atoms with Crippen LogP contribution in [0.1, 0.15) is 27.7 Å². The van der Waals surface area contributed by atoms with Crippen molar-refractivity contribution in [1.82, 2.24) is 0 Å². The molecule has 0 rings (SSSR count). The Morgan fingerprint density at radius 2 is 1.35 bits per heavy atom. The number of hydrogen-bond donors (Lipinski definition) is 3. The molecule has 2 atom stereocenters. The van der Waals surface area contributed by atoms with Crippen LogP contribution in [0.5, 0.6) is 0 Å². The Balaban J connectivity index is -0.000000277. The Labute approximate surface area is 160 Å². The number of aliphatic carboxylic acids is 2. The maximum Gasteiger partial charge on any atom is 1.00 e. The van der Waals surface area contributed by atoms with Crippen molar-refractivity contribution in [1.29, 1.82) is 0 Å². The summed E-state index contributed by atoms with van der Waals surface area (Å²) in [6, 6.07) is 3.26. The number of rotatable bonds is 5. The van der Waals surface area contributed by atoms with E-state index >= 15 is 0 Å². The molecule has 2 unspecified atom stereocenters. The van der Waals surface area contributed by atoms with E-state index in [1.54, 1.807) is 0 Å². The molecule has 0 aromatic carbocycles. The van der Waals surface area contributed by atoms with Crippen LogP contribution in [0, 0.1) is 0 Å². The van der Waals surface area contributed by atoms with E-state index in [9.17, 15) is 14.7 Å². The molecule has 0 aromatic heterocycles. The summed E-state index contributed by atoms with van der Waals surface area (Å²) in [7, 11) is 0. The molecule has 0 heterocycles. The number of hydrogen-bond acceptors (Lipinski definition) is 7. The second kappa shape index (κ2) is 13.8. The van der Waals surface area contributed by atoms with E-state index < -0.39 is 24.1 Å². The van der Waals surface area contributed by atoms with Crippen molar-refractivity contribution in [3.8, 4) is 0 Å². The molecule has 0 aliphatic rings. The molecule has 9 heteroatoms. The third-order valence-corrected chi connectivity index (χ3v) is 1.43. The summed E-state index contributed by atoms with van der Waals surface area (Å²) in [5.41, 5.74) is 0. The van der Waals surface area contributed by atoms with Crippen LogP contribution >= 0.6 is 0 Å². The summed E-state index contributed by atoms with van der Waals surface area (Å²) < 4.78 is 0. The molecular formula is C11H19KN2O6. The van der Waals surface area contributed by atoms with Crippen LogP contribution in [0.2, 0.25) is 0 Å². The van der Waals surface area contributed by atoms with Crippen LogP contribution in [0.15, 0.2) is 9.98 Å². The van der Waals surface area contributed by atoms with Gasteiger partial charge in [0.1, 0.15) is 6.10 Å². The minimum absolute atomic E-state index is 0. The molecule has 110 valence electrons. The normalized spacial score (nSPS) is 12.2. The first-order chi connectivity index (χ1) is 8.59. The Morgan fingerprint density at radius 1 is 1.00 bits per heavy atom. The van der Waals surface area contributed by atoms with Crippen molar-refractivity contribution in [2.45, 2.75) is 52.0 Å². The fraction of sp³-hybridized carbons (Fsp3) is 0.727. The minimum Gasteiger partial charge on any atom is -0.547 e. The quantitative estimate of drug-likeness (QED) is 0.345. The molecule has 0 aliphatic carbocycles. The summed E-state index contributed by atoms with van der Waals surface area (Å²) in [5, 5.41) is 34.1. The predicted molar refractivity (Wildman–Crippen MR) is 64.8 cm³/mol. The molecular weight excluding hydrogens is 295 g/mol. The molecule has 0 saturated heterocycles. The van der Waals surface area contributed by atoms with E-state index in [4.69, 9.17) is 15.3 Å². The van der Waals surface area contributed by atoms with Crippen LogP contribution in [-0.4, -0.2) is 57.6 Å². The zero-order valence-corrected chi connectivity index (χ0v) is 15.4. The fourth-order valence-corrected chi connectivity index (χ4v) is 0.528. The minimum atomic E-state index is -2.38. The number of aliphatic hydroxyl groups is 2. The fourth-order valence-electron chi connectivity index (χ4n) is 0.528. The molecule has 0 fully saturated rings. The van der Waals surface area contributed by atoms with Crippen LogP contribution in [0.4, 0.5) is 0 Å². The second-order valence-corrected chi connectivity index (χ2v) is 4.09. The van der Waals surface area contributed by atoms with Crippen molar-refractivity contribution in [3.63, 3.8) is 0 Å². The van der Waals surface area contributed by atoms with Gasteiger partial charge in [-0.15, -0.1) is 0 Å². The number of carboxylic acid groups (broad SMARTS) is 2. The molecule has 3 N–H and O–H groups in total. The first-order valence-electron chi connectivity index (χ1n) is 5.54. The van der Waals surface area contributed by atoms with Crippen molar-refractivity contribution in [2.75, 3.05) is 0 Å². The third kappa shape index (κ3) is 15.9. The average molecular weight is 314 g/mol. The Kier molecular flexibility index (Phi) is 17.2. The van der Waals surface area contributed by atoms with Crippen molar-refractivity contribution >= 4 is 17.9 Å². The van der Waals surface area contributed by atoms with E-state index in [1.807, 2.05) is 27.7 Å². The van der Waals surface area contributed by atoms with Crippen molar-refractivity contribution in [2.24, 2.45) is 9.98 Å². The van der Waals surface area contributed by atoms with Gasteiger partial charge in [-0.1, -0.05) is 0 Å². The van der Waals surface area contributed by atoms with Gasteiger partial charge in [0.25, 0.3) is 0 Å². The van der Waals surface area contributed by atoms with Gasteiger partial charge in [-0.05, 0) is 27.7 Å². The van der Waals surface area contributed by atoms with Gasteiger partial charge in [0, 0.05) is 0 Å². The summed E-state index contributed by atoms with van der Waals surface area (Å²) in [6.45, 7) is 8.01. The van der Waals surface area contributed by atoms with E-state index in [2.05, 4.69) is 16.0 Å². The number of nitrogens with zero attached hydrogens (tertiary/aromatic N) is 2. The maximum atomic E-state index is 9.74. The zero-order chi connectivity index (χ0) is 15.6. The number of aliphatic hydroxyl groups excluding tert-OH is 2. The summed E-state index contributed by atoms with van der Waals surface area (Å²) in [6.07, 6.45) is -4.71. The van der Waals surface area contributed by atoms with Crippen LogP contribution in [0.3, 0.4) is 0 Å². The average Bonchev–Trinajstić information content (AvgIpc) is 2.26. The van der Waals surface area contributed by atoms with E-state index in [0.717, 1.165) is 0 Å². The topological polar surface area (TPSA) is 143 Å². The molecule has 0 saturated carbocycles. The molecule has 0 radical (unpaired) electrons. The van der Waals surface area contributed by atoms with Gasteiger partial charge in [0.05, 0.1) is 24.1 Å². The van der Waals surface area contributed by atoms with Gasteiger partial charge in [0.15, 0.2) is 6.10 Å². The molecule has 0 spiro atoms. The summed E-state index contributed by atoms with van der Waals surface area (Å²) in [5.74, 6) is -3.83. The predicted octanol–water partition coefficient (Wildman–Crippen LogP) is -4.48. The number of carbonyl (C=O) groups is 2. The van der Waals surface area contributed by atoms with Crippen molar-refractivity contribution in [3.05, 3.63) is 0 Å². The van der Waals surface area contributed by atoms with Crippen LogP contribution in [-0.2, 0) is 9.59 Å². The second-order valence-electron chi connectivity index (χ2n) is 4.09. The van der Waals surface area contributed by atoms with Gasteiger partial charge < -0.3 is 25.2 Å². The van der Waals surface area contributed by atoms with Gasteiger partial charge in [0.2, 0.25) is 0 Å². The maximum absolute atomic E-state index is 9.74. The number of carboxylic acids is 2. The van der Waals surface area contributed by atoms with Crippen LogP contribution < -0.4 is 56.5 Å². The largest absolute Gasteiger partial charge is 1.00 e.